The van der Waals surface area contributed by atoms with E-state index >= 15 is 0 Å². The lowest BCUT2D eigenvalue weighted by Crippen LogP contribution is -2.27. The molecule has 0 amide bonds. The molecule has 4 rings (SSSR count). The number of pyridine rings is 3. The zero-order valence-corrected chi connectivity index (χ0v) is 16.0. The molecule has 2 unspecified atom stereocenters. The molecule has 0 saturated heterocycles. The highest BCUT2D eigenvalue weighted by atomic mass is 16.6. The van der Waals surface area contributed by atoms with Crippen LogP contribution in [0.3, 0.4) is 0 Å². The van der Waals surface area contributed by atoms with Gasteiger partial charge in [0.25, 0.3) is 11.2 Å². The van der Waals surface area contributed by atoms with Crippen LogP contribution in [0.15, 0.2) is 78.0 Å². The number of nitro benzene ring substituents is 1. The van der Waals surface area contributed by atoms with E-state index in [1.165, 1.54) is 41.2 Å². The average molecular weight is 413 g/mol. The summed E-state index contributed by atoms with van der Waals surface area (Å²) in [5, 5.41) is 32.4. The van der Waals surface area contributed by atoms with Gasteiger partial charge in [0.2, 0.25) is 0 Å². The largest absolute Gasteiger partial charge is 0.386 e. The maximum Gasteiger partial charge on any atom is 0.271 e. The summed E-state index contributed by atoms with van der Waals surface area (Å²) in [5.41, 5.74) is 0.131. The van der Waals surface area contributed by atoms with E-state index in [-0.39, 0.29) is 22.6 Å². The monoisotopic (exact) mass is 413 g/mol. The Kier molecular flexibility index (Phi) is 5.22. The molecule has 0 spiro atoms. The van der Waals surface area contributed by atoms with Crippen molar-refractivity contribution < 1.29 is 10.0 Å². The fraction of sp³-hybridized carbons (Fsp3) is 0.0909. The van der Waals surface area contributed by atoms with Crippen molar-refractivity contribution in [2.24, 2.45) is 0 Å². The maximum absolute atomic E-state index is 13.4. The molecular weight excluding hydrogens is 398 g/mol. The molecule has 3 heterocycles. The number of aliphatic hydroxyl groups excluding tert-OH is 1. The second-order valence-electron chi connectivity index (χ2n) is 6.77. The van der Waals surface area contributed by atoms with Gasteiger partial charge in [-0.1, -0.05) is 12.1 Å². The first-order valence-electron chi connectivity index (χ1n) is 9.24. The van der Waals surface area contributed by atoms with E-state index in [4.69, 9.17) is 0 Å². The van der Waals surface area contributed by atoms with Crippen molar-refractivity contribution in [3.05, 3.63) is 105 Å². The minimum atomic E-state index is -1.45. The third-order valence-corrected chi connectivity index (χ3v) is 4.91. The summed E-state index contributed by atoms with van der Waals surface area (Å²) >= 11 is 0. The van der Waals surface area contributed by atoms with E-state index in [2.05, 4.69) is 9.97 Å². The lowest BCUT2D eigenvalue weighted by molar-refractivity contribution is -0.384. The van der Waals surface area contributed by atoms with Gasteiger partial charge in [-0.05, 0) is 35.9 Å². The topological polar surface area (TPSA) is 135 Å². The number of aromatic nitrogens is 3. The Morgan fingerprint density at radius 2 is 1.94 bits per heavy atom. The number of rotatable bonds is 5. The molecule has 2 atom stereocenters. The summed E-state index contributed by atoms with van der Waals surface area (Å²) in [5.74, 6) is -1.03. The summed E-state index contributed by atoms with van der Waals surface area (Å²) in [6.45, 7) is 0. The van der Waals surface area contributed by atoms with Crippen molar-refractivity contribution in [1.82, 2.24) is 14.5 Å². The number of non-ortho nitro benzene ring substituents is 1. The number of nitrogens with zero attached hydrogens (tertiary/aromatic N) is 5. The van der Waals surface area contributed by atoms with E-state index in [0.29, 0.717) is 10.9 Å². The highest BCUT2D eigenvalue weighted by Gasteiger charge is 2.27. The minimum absolute atomic E-state index is 0.0255. The number of benzene rings is 1. The second kappa shape index (κ2) is 8.14. The van der Waals surface area contributed by atoms with Gasteiger partial charge in [-0.15, -0.1) is 0 Å². The lowest BCUT2D eigenvalue weighted by atomic mass is 9.91. The normalized spacial score (nSPS) is 12.8. The van der Waals surface area contributed by atoms with Crippen LogP contribution in [-0.2, 0) is 0 Å². The summed E-state index contributed by atoms with van der Waals surface area (Å²) in [6.07, 6.45) is 3.05. The Labute approximate surface area is 175 Å². The van der Waals surface area contributed by atoms with Crippen LogP contribution in [0.5, 0.6) is 0 Å². The highest BCUT2D eigenvalue weighted by molar-refractivity contribution is 5.77. The quantitative estimate of drug-likeness (QED) is 0.392. The number of hydrogen-bond acceptors (Lipinski definition) is 7. The molecule has 152 valence electrons. The molecule has 1 aromatic carbocycles. The molecule has 3 aromatic heterocycles. The van der Waals surface area contributed by atoms with Gasteiger partial charge in [0.1, 0.15) is 17.7 Å². The van der Waals surface area contributed by atoms with Crippen LogP contribution in [-0.4, -0.2) is 24.6 Å². The van der Waals surface area contributed by atoms with Gasteiger partial charge in [0, 0.05) is 41.7 Å². The first-order chi connectivity index (χ1) is 15.0. The van der Waals surface area contributed by atoms with Crippen LogP contribution in [0.25, 0.3) is 16.7 Å². The van der Waals surface area contributed by atoms with E-state index in [1.54, 1.807) is 36.5 Å². The minimum Gasteiger partial charge on any atom is -0.386 e. The fourth-order valence-electron chi connectivity index (χ4n) is 3.43. The van der Waals surface area contributed by atoms with E-state index < -0.39 is 22.5 Å². The standard InChI is InChI=1S/C22H15N5O4/c23-12-19(15-5-2-8-24-13-15)20(28)18-10-14-4-3-9-25-21(14)26(22(18)29)16-6-1-7-17(11-16)27(30)31/h1-11,13,19-20,28H. The molecule has 4 aromatic rings. The summed E-state index contributed by atoms with van der Waals surface area (Å²) in [7, 11) is 0. The molecule has 1 N–H and O–H groups in total. The average Bonchev–Trinajstić information content (AvgIpc) is 2.80. The van der Waals surface area contributed by atoms with Crippen molar-refractivity contribution in [3.63, 3.8) is 0 Å². The number of aliphatic hydroxyl groups is 1. The van der Waals surface area contributed by atoms with Gasteiger partial charge >= 0.3 is 0 Å². The molecule has 0 fully saturated rings. The van der Waals surface area contributed by atoms with Gasteiger partial charge < -0.3 is 5.11 Å². The number of hydrogen-bond donors (Lipinski definition) is 1. The second-order valence-corrected chi connectivity index (χ2v) is 6.77. The Hall–Kier alpha value is -4.42. The van der Waals surface area contributed by atoms with E-state index in [0.717, 1.165) is 0 Å². The van der Waals surface area contributed by atoms with Crippen LogP contribution in [0.4, 0.5) is 5.69 Å². The smallest absolute Gasteiger partial charge is 0.271 e. The SMILES string of the molecule is N#CC(c1cccnc1)C(O)c1cc2cccnc2n(-c2cccc([N+](=O)[O-])c2)c1=O. The third-order valence-electron chi connectivity index (χ3n) is 4.91. The van der Waals surface area contributed by atoms with Gasteiger partial charge in [0.05, 0.1) is 16.7 Å². The van der Waals surface area contributed by atoms with Crippen LogP contribution in [0, 0.1) is 21.4 Å². The molecular formula is C22H15N5O4. The predicted octanol–water partition coefficient (Wildman–Crippen LogP) is 3.03. The van der Waals surface area contributed by atoms with Crippen LogP contribution in [0.2, 0.25) is 0 Å². The number of fused-ring (bicyclic) bond motifs is 1. The summed E-state index contributed by atoms with van der Waals surface area (Å²) in [4.78, 5) is 32.3. The van der Waals surface area contributed by atoms with Gasteiger partial charge in [-0.3, -0.25) is 24.5 Å². The van der Waals surface area contributed by atoms with Crippen molar-refractivity contribution in [1.29, 1.82) is 5.26 Å². The van der Waals surface area contributed by atoms with Gasteiger partial charge in [-0.2, -0.15) is 5.26 Å². The van der Waals surface area contributed by atoms with Crippen LogP contribution >= 0.6 is 0 Å². The molecule has 0 aliphatic rings. The Bertz CT molecular complexity index is 1380. The first kappa shape index (κ1) is 19.9. The lowest BCUT2D eigenvalue weighted by Gasteiger charge is -2.19. The van der Waals surface area contributed by atoms with Crippen molar-refractivity contribution in [2.45, 2.75) is 12.0 Å². The molecule has 0 aliphatic carbocycles. The Morgan fingerprint density at radius 1 is 1.13 bits per heavy atom. The first-order valence-corrected chi connectivity index (χ1v) is 9.24. The van der Waals surface area contributed by atoms with Crippen LogP contribution in [0.1, 0.15) is 23.1 Å². The van der Waals surface area contributed by atoms with E-state index in [1.807, 2.05) is 6.07 Å². The highest BCUT2D eigenvalue weighted by Crippen LogP contribution is 2.30. The van der Waals surface area contributed by atoms with Crippen molar-refractivity contribution >= 4 is 16.7 Å². The predicted molar refractivity (Wildman–Crippen MR) is 112 cm³/mol. The maximum atomic E-state index is 13.4. The summed E-state index contributed by atoms with van der Waals surface area (Å²) in [6, 6.07) is 15.8. The van der Waals surface area contributed by atoms with Gasteiger partial charge in [0.15, 0.2) is 0 Å². The fourth-order valence-corrected chi connectivity index (χ4v) is 3.43. The van der Waals surface area contributed by atoms with E-state index in [9.17, 15) is 25.3 Å². The van der Waals surface area contributed by atoms with Crippen molar-refractivity contribution in [3.8, 4) is 11.8 Å². The third kappa shape index (κ3) is 3.63. The molecule has 0 aliphatic heterocycles. The van der Waals surface area contributed by atoms with Crippen molar-refractivity contribution in [2.75, 3.05) is 0 Å². The molecule has 0 saturated carbocycles. The molecule has 9 nitrogen and oxygen atoms in total. The molecule has 9 heteroatoms. The summed E-state index contributed by atoms with van der Waals surface area (Å²) < 4.78 is 1.21. The zero-order valence-electron chi connectivity index (χ0n) is 16.0. The zero-order chi connectivity index (χ0) is 22.0. The number of nitriles is 1. The number of nitro groups is 1. The Morgan fingerprint density at radius 3 is 2.65 bits per heavy atom. The van der Waals surface area contributed by atoms with Gasteiger partial charge in [-0.25, -0.2) is 4.98 Å². The van der Waals surface area contributed by atoms with Crippen LogP contribution < -0.4 is 5.56 Å². The molecule has 0 bridgehead atoms. The Balaban J connectivity index is 1.96. The molecule has 31 heavy (non-hydrogen) atoms. The molecule has 0 radical (unpaired) electrons.